The van der Waals surface area contributed by atoms with Gasteiger partial charge in [0.05, 0.1) is 24.0 Å². The van der Waals surface area contributed by atoms with Crippen molar-refractivity contribution >= 4 is 11.8 Å². The summed E-state index contributed by atoms with van der Waals surface area (Å²) in [6.45, 7) is 1.43. The first-order valence-electron chi connectivity index (χ1n) is 15.8. The van der Waals surface area contributed by atoms with Crippen LogP contribution in [0.2, 0.25) is 0 Å². The van der Waals surface area contributed by atoms with Gasteiger partial charge in [0.15, 0.2) is 0 Å². The summed E-state index contributed by atoms with van der Waals surface area (Å²) in [6, 6.07) is 22.5. The monoisotopic (exact) mass is 709 g/mol. The Morgan fingerprint density at radius 1 is 0.863 bits per heavy atom. The molecule has 0 radical (unpaired) electrons. The van der Waals surface area contributed by atoms with Crippen LogP contribution in [0.15, 0.2) is 103 Å². The molecule has 0 saturated heterocycles. The number of hydrogen-bond acceptors (Lipinski definition) is 5. The van der Waals surface area contributed by atoms with Crippen molar-refractivity contribution in [3.05, 3.63) is 143 Å². The molecular weight excluding hydrogens is 676 g/mol. The molecule has 4 aromatic carbocycles. The highest BCUT2D eigenvalue weighted by Gasteiger charge is 2.45. The molecule has 8 nitrogen and oxygen atoms in total. The van der Waals surface area contributed by atoms with Crippen molar-refractivity contribution in [2.75, 3.05) is 0 Å². The topological polar surface area (TPSA) is 98.1 Å². The van der Waals surface area contributed by atoms with Gasteiger partial charge in [-0.3, -0.25) is 0 Å². The van der Waals surface area contributed by atoms with E-state index in [1.54, 1.807) is 43.5 Å². The molecule has 0 spiro atoms. The van der Waals surface area contributed by atoms with E-state index in [9.17, 15) is 31.5 Å². The molecule has 0 aliphatic carbocycles. The molecule has 0 aliphatic rings. The predicted molar refractivity (Wildman–Crippen MR) is 176 cm³/mol. The second kappa shape index (κ2) is 15.9. The van der Waals surface area contributed by atoms with Crippen molar-refractivity contribution in [3.63, 3.8) is 0 Å². The number of Topliss-reactive ketones (excluding diaryl/α,β-unsaturated/α-hetero) is 1. The lowest BCUT2D eigenvalue weighted by Crippen LogP contribution is -2.52. The van der Waals surface area contributed by atoms with E-state index in [4.69, 9.17) is 0 Å². The molecule has 5 aromatic rings. The van der Waals surface area contributed by atoms with Crippen molar-refractivity contribution in [1.82, 2.24) is 25.6 Å². The number of amides is 2. The minimum Gasteiger partial charge on any atom is -0.428 e. The van der Waals surface area contributed by atoms with Crippen molar-refractivity contribution in [2.24, 2.45) is 0 Å². The summed E-state index contributed by atoms with van der Waals surface area (Å²) in [7, 11) is 0. The van der Waals surface area contributed by atoms with E-state index in [-0.39, 0.29) is 29.9 Å². The predicted octanol–water partition coefficient (Wildman–Crippen LogP) is 7.68. The third-order valence-electron chi connectivity index (χ3n) is 8.01. The summed E-state index contributed by atoms with van der Waals surface area (Å²) in [5.41, 5.74) is 1.01. The second-order valence-corrected chi connectivity index (χ2v) is 11.9. The largest absolute Gasteiger partial charge is 0.461 e. The first-order chi connectivity index (χ1) is 24.3. The van der Waals surface area contributed by atoms with E-state index in [1.807, 2.05) is 24.3 Å². The van der Waals surface area contributed by atoms with Gasteiger partial charge >= 0.3 is 18.6 Å². The number of aromatic nitrogens is 3. The fourth-order valence-electron chi connectivity index (χ4n) is 5.54. The first kappa shape index (κ1) is 36.6. The minimum absolute atomic E-state index is 0.109. The van der Waals surface area contributed by atoms with Crippen molar-refractivity contribution in [1.29, 1.82) is 0 Å². The van der Waals surface area contributed by atoms with Crippen LogP contribution in [0.4, 0.5) is 31.1 Å². The number of rotatable bonds is 15. The fraction of sp³-hybridized carbons (Fsp3) is 0.243. The zero-order chi connectivity index (χ0) is 36.6. The number of hydrogen-bond donors (Lipinski definition) is 2. The second-order valence-electron chi connectivity index (χ2n) is 11.9. The van der Waals surface area contributed by atoms with Crippen LogP contribution in [0, 0.1) is 11.6 Å². The average molecular weight is 710 g/mol. The standard InChI is InChI=1S/C37H33F6N5O3/c1-24(49)6-5-9-25-10-16-32(17-11-25)48-23-31(46-47-48)22-44-35(50)45-36(21-26-7-3-2-4-8-26,27-12-14-29(38)15-13-27)28-18-30(39)20-33(19-28)51-37(42,43)34(40)41/h2-4,7-8,10-20,23,34H,5-6,9,21-22H2,1H3,(H2,44,45,50)/t36-/m1/s1. The normalized spacial score (nSPS) is 12.7. The van der Waals surface area contributed by atoms with E-state index >= 15 is 4.39 Å². The number of nitrogens with one attached hydrogen (secondary N) is 2. The van der Waals surface area contributed by atoms with Gasteiger partial charge in [-0.1, -0.05) is 59.8 Å². The molecule has 266 valence electrons. The van der Waals surface area contributed by atoms with E-state index in [0.29, 0.717) is 29.4 Å². The summed E-state index contributed by atoms with van der Waals surface area (Å²) in [6.07, 6.45) is -5.67. The quantitative estimate of drug-likeness (QED) is 0.109. The summed E-state index contributed by atoms with van der Waals surface area (Å²) in [5, 5.41) is 13.7. The zero-order valence-electron chi connectivity index (χ0n) is 27.3. The van der Waals surface area contributed by atoms with Crippen LogP contribution in [0.5, 0.6) is 5.75 Å². The number of alkyl halides is 4. The Morgan fingerprint density at radius 3 is 2.24 bits per heavy atom. The van der Waals surface area contributed by atoms with E-state index in [2.05, 4.69) is 25.7 Å². The molecule has 0 unspecified atom stereocenters. The molecule has 5 rings (SSSR count). The summed E-state index contributed by atoms with van der Waals surface area (Å²) in [5.74, 6) is -2.52. The molecule has 2 amide bonds. The third-order valence-corrected chi connectivity index (χ3v) is 8.01. The highest BCUT2D eigenvalue weighted by molar-refractivity contribution is 5.76. The van der Waals surface area contributed by atoms with Gasteiger partial charge < -0.3 is 20.2 Å². The lowest BCUT2D eigenvalue weighted by atomic mass is 9.77. The van der Waals surface area contributed by atoms with Crippen LogP contribution in [-0.2, 0) is 29.7 Å². The van der Waals surface area contributed by atoms with Crippen LogP contribution in [-0.4, -0.2) is 39.3 Å². The van der Waals surface area contributed by atoms with Crippen LogP contribution >= 0.6 is 0 Å². The lowest BCUT2D eigenvalue weighted by Gasteiger charge is -2.37. The number of urea groups is 1. The molecule has 0 fully saturated rings. The number of aryl methyl sites for hydroxylation is 1. The number of carbonyl (C=O) groups is 2. The molecule has 1 heterocycles. The van der Waals surface area contributed by atoms with Crippen LogP contribution in [0.25, 0.3) is 5.69 Å². The lowest BCUT2D eigenvalue weighted by molar-refractivity contribution is -0.253. The van der Waals surface area contributed by atoms with Gasteiger partial charge in [0, 0.05) is 18.9 Å². The smallest absolute Gasteiger partial charge is 0.428 e. The Morgan fingerprint density at radius 2 is 1.57 bits per heavy atom. The Kier molecular flexibility index (Phi) is 11.4. The Labute approximate surface area is 289 Å². The van der Waals surface area contributed by atoms with Gasteiger partial charge in [0.1, 0.15) is 28.9 Å². The van der Waals surface area contributed by atoms with Gasteiger partial charge in [-0.05, 0) is 78.4 Å². The Balaban J connectivity index is 1.43. The number of carbonyl (C=O) groups excluding carboxylic acids is 2. The Hall–Kier alpha value is -5.66. The highest BCUT2D eigenvalue weighted by Crippen LogP contribution is 2.38. The van der Waals surface area contributed by atoms with Crippen LogP contribution in [0.1, 0.15) is 47.7 Å². The number of halogens is 6. The molecule has 51 heavy (non-hydrogen) atoms. The average Bonchev–Trinajstić information content (AvgIpc) is 3.57. The zero-order valence-corrected chi connectivity index (χ0v) is 27.3. The first-order valence-corrected chi connectivity index (χ1v) is 15.8. The molecule has 1 aromatic heterocycles. The highest BCUT2D eigenvalue weighted by atomic mass is 19.3. The maximum Gasteiger partial charge on any atom is 0.461 e. The molecular formula is C37H33F6N5O3. The molecule has 0 aliphatic heterocycles. The maximum absolute atomic E-state index is 15.1. The molecule has 14 heteroatoms. The number of nitrogens with zero attached hydrogens (tertiary/aromatic N) is 3. The number of benzene rings is 4. The summed E-state index contributed by atoms with van der Waals surface area (Å²) in [4.78, 5) is 24.9. The van der Waals surface area contributed by atoms with E-state index in [0.717, 1.165) is 42.7 Å². The van der Waals surface area contributed by atoms with Crippen molar-refractivity contribution < 1.29 is 40.7 Å². The van der Waals surface area contributed by atoms with Gasteiger partial charge in [0.25, 0.3) is 0 Å². The molecule has 0 saturated carbocycles. The SMILES string of the molecule is CC(=O)CCCc1ccc(-n2cc(CNC(=O)N[C@](Cc3ccccc3)(c3ccc(F)cc3)c3cc(F)cc(OC(F)(F)C(F)F)c3)nn2)cc1. The van der Waals surface area contributed by atoms with Gasteiger partial charge in [0.2, 0.25) is 0 Å². The van der Waals surface area contributed by atoms with Crippen LogP contribution in [0.3, 0.4) is 0 Å². The van der Waals surface area contributed by atoms with E-state index < -0.39 is 41.5 Å². The Bertz CT molecular complexity index is 1940. The molecule has 2 N–H and O–H groups in total. The number of ether oxygens (including phenoxy) is 1. The minimum atomic E-state index is -4.94. The van der Waals surface area contributed by atoms with Gasteiger partial charge in [-0.15, -0.1) is 5.10 Å². The maximum atomic E-state index is 15.1. The number of ketones is 1. The third kappa shape index (κ3) is 9.53. The van der Waals surface area contributed by atoms with Crippen molar-refractivity contribution in [3.8, 4) is 11.4 Å². The van der Waals surface area contributed by atoms with Gasteiger partial charge in [-0.2, -0.15) is 17.6 Å². The molecule has 0 bridgehead atoms. The van der Waals surface area contributed by atoms with E-state index in [1.165, 1.54) is 16.8 Å². The molecule has 1 atom stereocenters. The summed E-state index contributed by atoms with van der Waals surface area (Å²) >= 11 is 0. The van der Waals surface area contributed by atoms with Gasteiger partial charge in [-0.25, -0.2) is 18.3 Å². The van der Waals surface area contributed by atoms with Crippen molar-refractivity contribution in [2.45, 2.75) is 57.2 Å². The summed E-state index contributed by atoms with van der Waals surface area (Å²) < 4.78 is 88.8. The van der Waals surface area contributed by atoms with Crippen LogP contribution < -0.4 is 15.4 Å². The fourth-order valence-corrected chi connectivity index (χ4v) is 5.54.